The number of aliphatic hydroxyl groups excluding tert-OH is 1. The lowest BCUT2D eigenvalue weighted by molar-refractivity contribution is -0.137. The van der Waals surface area contributed by atoms with Crippen molar-refractivity contribution in [2.45, 2.75) is 38.0 Å². The van der Waals surface area contributed by atoms with Crippen LogP contribution in [0.3, 0.4) is 0 Å². The van der Waals surface area contributed by atoms with E-state index in [2.05, 4.69) is 0 Å². The van der Waals surface area contributed by atoms with Gasteiger partial charge < -0.3 is 9.84 Å². The van der Waals surface area contributed by atoms with Gasteiger partial charge in [0.25, 0.3) is 0 Å². The van der Waals surface area contributed by atoms with Gasteiger partial charge in [0, 0.05) is 5.41 Å². The quantitative estimate of drug-likeness (QED) is 0.863. The van der Waals surface area contributed by atoms with Crippen molar-refractivity contribution in [3.63, 3.8) is 0 Å². The minimum atomic E-state index is -4.38. The lowest BCUT2D eigenvalue weighted by Gasteiger charge is -2.26. The first-order valence-electron chi connectivity index (χ1n) is 6.82. The van der Waals surface area contributed by atoms with Crippen LogP contribution in [0.4, 0.5) is 13.2 Å². The second-order valence-corrected chi connectivity index (χ2v) is 5.81. The molecule has 0 unspecified atom stereocenters. The maximum atomic E-state index is 12.8. The van der Waals surface area contributed by atoms with Crippen LogP contribution in [0.25, 0.3) is 0 Å². The summed E-state index contributed by atoms with van der Waals surface area (Å²) < 4.78 is 44.1. The van der Waals surface area contributed by atoms with Crippen molar-refractivity contribution in [3.05, 3.63) is 47.0 Å². The predicted octanol–water partition coefficient (Wildman–Crippen LogP) is 3.69. The maximum Gasteiger partial charge on any atom is 0.416 e. The van der Waals surface area contributed by atoms with Crippen LogP contribution in [0.15, 0.2) is 35.9 Å². The fourth-order valence-corrected chi connectivity index (χ4v) is 2.68. The third-order valence-electron chi connectivity index (χ3n) is 3.79. The van der Waals surface area contributed by atoms with Crippen LogP contribution in [-0.4, -0.2) is 24.4 Å². The Labute approximate surface area is 122 Å². The summed E-state index contributed by atoms with van der Waals surface area (Å²) in [6, 6.07) is 5.16. The first-order valence-corrected chi connectivity index (χ1v) is 6.82. The molecule has 2 rings (SSSR count). The molecule has 5 heteroatoms. The first-order chi connectivity index (χ1) is 9.77. The molecule has 1 aliphatic heterocycles. The smallest absolute Gasteiger partial charge is 0.395 e. The highest BCUT2D eigenvalue weighted by Crippen LogP contribution is 2.39. The molecule has 1 aliphatic rings. The third-order valence-corrected chi connectivity index (χ3v) is 3.79. The van der Waals surface area contributed by atoms with Crippen molar-refractivity contribution in [1.82, 2.24) is 0 Å². The van der Waals surface area contributed by atoms with Crippen LogP contribution in [0.2, 0.25) is 0 Å². The van der Waals surface area contributed by atoms with E-state index in [0.717, 1.165) is 17.7 Å². The van der Waals surface area contributed by atoms with Gasteiger partial charge in [-0.3, -0.25) is 0 Å². The van der Waals surface area contributed by atoms with Gasteiger partial charge in [0.05, 0.1) is 24.9 Å². The normalized spacial score (nSPS) is 25.9. The molecular formula is C16H19F3O2. The minimum absolute atomic E-state index is 0.170. The number of rotatable bonds is 3. The molecule has 0 spiro atoms. The van der Waals surface area contributed by atoms with E-state index >= 15 is 0 Å². The number of ether oxygens (including phenoxy) is 1. The van der Waals surface area contributed by atoms with Gasteiger partial charge in [-0.15, -0.1) is 0 Å². The third kappa shape index (κ3) is 3.47. The zero-order valence-corrected chi connectivity index (χ0v) is 12.1. The molecule has 1 aromatic rings. The fourth-order valence-electron chi connectivity index (χ4n) is 2.68. The largest absolute Gasteiger partial charge is 0.416 e. The Morgan fingerprint density at radius 1 is 1.43 bits per heavy atom. The summed E-state index contributed by atoms with van der Waals surface area (Å²) in [7, 11) is 0. The van der Waals surface area contributed by atoms with Crippen molar-refractivity contribution >= 4 is 0 Å². The monoisotopic (exact) mass is 300 g/mol. The molecule has 0 saturated carbocycles. The highest BCUT2D eigenvalue weighted by atomic mass is 19.4. The molecule has 1 fully saturated rings. The van der Waals surface area contributed by atoms with Gasteiger partial charge in [0.1, 0.15) is 0 Å². The number of benzene rings is 1. The molecule has 0 aromatic heterocycles. The zero-order chi connectivity index (χ0) is 15.7. The van der Waals surface area contributed by atoms with Gasteiger partial charge in [-0.25, -0.2) is 0 Å². The summed E-state index contributed by atoms with van der Waals surface area (Å²) >= 11 is 0. The lowest BCUT2D eigenvalue weighted by Crippen LogP contribution is -2.31. The second kappa shape index (κ2) is 5.81. The van der Waals surface area contributed by atoms with Crippen molar-refractivity contribution in [2.24, 2.45) is 0 Å². The summed E-state index contributed by atoms with van der Waals surface area (Å²) in [4.78, 5) is 0. The molecule has 116 valence electrons. The number of aliphatic hydroxyl groups is 1. The lowest BCUT2D eigenvalue weighted by atomic mass is 9.78. The fraction of sp³-hybridized carbons (Fsp3) is 0.500. The van der Waals surface area contributed by atoms with Gasteiger partial charge in [-0.2, -0.15) is 13.2 Å². The first kappa shape index (κ1) is 16.0. The van der Waals surface area contributed by atoms with Gasteiger partial charge >= 0.3 is 6.18 Å². The SMILES string of the molecule is CC(C)=C[C@@H]1C[C@](CO)(c2cccc(C(F)(F)F)c2)CO1. The summed E-state index contributed by atoms with van der Waals surface area (Å²) in [5.41, 5.74) is 0.0958. The molecule has 1 saturated heterocycles. The Kier molecular flexibility index (Phi) is 4.44. The van der Waals surface area contributed by atoms with Gasteiger partial charge in [0.2, 0.25) is 0 Å². The van der Waals surface area contributed by atoms with Crippen molar-refractivity contribution in [1.29, 1.82) is 0 Å². The zero-order valence-electron chi connectivity index (χ0n) is 12.1. The van der Waals surface area contributed by atoms with Crippen molar-refractivity contribution in [3.8, 4) is 0 Å². The highest BCUT2D eigenvalue weighted by Gasteiger charge is 2.42. The van der Waals surface area contributed by atoms with E-state index in [1.54, 1.807) is 6.07 Å². The molecule has 1 N–H and O–H groups in total. The Morgan fingerprint density at radius 3 is 2.71 bits per heavy atom. The Bertz CT molecular complexity index is 533. The predicted molar refractivity (Wildman–Crippen MR) is 74.0 cm³/mol. The minimum Gasteiger partial charge on any atom is -0.395 e. The van der Waals surface area contributed by atoms with E-state index in [1.807, 2.05) is 19.9 Å². The molecular weight excluding hydrogens is 281 g/mol. The number of alkyl halides is 3. The maximum absolute atomic E-state index is 12.8. The number of hydrogen-bond acceptors (Lipinski definition) is 2. The van der Waals surface area contributed by atoms with Crippen LogP contribution in [-0.2, 0) is 16.3 Å². The van der Waals surface area contributed by atoms with E-state index in [4.69, 9.17) is 4.74 Å². The Hall–Kier alpha value is -1.33. The summed E-state index contributed by atoms with van der Waals surface area (Å²) in [6.45, 7) is 3.86. The highest BCUT2D eigenvalue weighted by molar-refractivity contribution is 5.33. The number of allylic oxidation sites excluding steroid dienone is 1. The summed E-state index contributed by atoms with van der Waals surface area (Å²) in [6.07, 6.45) is -2.14. The van der Waals surface area contributed by atoms with Gasteiger partial charge in [-0.05, 0) is 31.9 Å². The molecule has 21 heavy (non-hydrogen) atoms. The van der Waals surface area contributed by atoms with Gasteiger partial charge in [0.15, 0.2) is 0 Å². The molecule has 0 bridgehead atoms. The van der Waals surface area contributed by atoms with E-state index in [-0.39, 0.29) is 19.3 Å². The Morgan fingerprint density at radius 2 is 2.14 bits per heavy atom. The van der Waals surface area contributed by atoms with Crippen LogP contribution in [0.5, 0.6) is 0 Å². The molecule has 2 nitrogen and oxygen atoms in total. The van der Waals surface area contributed by atoms with E-state index in [9.17, 15) is 18.3 Å². The topological polar surface area (TPSA) is 29.5 Å². The molecule has 1 heterocycles. The molecule has 0 aliphatic carbocycles. The summed E-state index contributed by atoms with van der Waals surface area (Å²) in [5, 5.41) is 9.73. The van der Waals surface area contributed by atoms with Crippen LogP contribution < -0.4 is 0 Å². The molecule has 0 amide bonds. The van der Waals surface area contributed by atoms with Crippen LogP contribution >= 0.6 is 0 Å². The number of hydrogen-bond donors (Lipinski definition) is 1. The molecule has 1 aromatic carbocycles. The Balaban J connectivity index is 2.33. The van der Waals surface area contributed by atoms with Crippen molar-refractivity contribution in [2.75, 3.05) is 13.2 Å². The van der Waals surface area contributed by atoms with E-state index < -0.39 is 17.2 Å². The summed E-state index contributed by atoms with van der Waals surface area (Å²) in [5.74, 6) is 0. The molecule has 2 atom stereocenters. The number of halogens is 3. The average molecular weight is 300 g/mol. The standard InChI is InChI=1S/C16H19F3O2/c1-11(2)6-14-8-15(9-20,10-21-14)12-4-3-5-13(7-12)16(17,18)19/h3-7,14,20H,8-10H2,1-2H3/t14-,15-/m1/s1. The van der Waals surface area contributed by atoms with Crippen molar-refractivity contribution < 1.29 is 23.0 Å². The van der Waals surface area contributed by atoms with Crippen LogP contribution in [0.1, 0.15) is 31.4 Å². The molecule has 0 radical (unpaired) electrons. The van der Waals surface area contributed by atoms with E-state index in [0.29, 0.717) is 12.0 Å². The van der Waals surface area contributed by atoms with Crippen LogP contribution in [0, 0.1) is 0 Å². The average Bonchev–Trinajstić information content (AvgIpc) is 2.82. The van der Waals surface area contributed by atoms with Gasteiger partial charge in [-0.1, -0.05) is 29.8 Å². The van der Waals surface area contributed by atoms with E-state index in [1.165, 1.54) is 6.07 Å². The second-order valence-electron chi connectivity index (χ2n) is 5.81.